The van der Waals surface area contributed by atoms with Gasteiger partial charge < -0.3 is 9.26 Å². The minimum absolute atomic E-state index is 0.0285. The molecule has 0 fully saturated rings. The van der Waals surface area contributed by atoms with Crippen molar-refractivity contribution in [3.05, 3.63) is 64.8 Å². The minimum Gasteiger partial charge on any atom is -0.382 e. The van der Waals surface area contributed by atoms with E-state index in [0.29, 0.717) is 28.3 Å². The number of aromatic nitrogens is 1. The van der Waals surface area contributed by atoms with E-state index in [9.17, 15) is 8.42 Å². The first-order valence-electron chi connectivity index (χ1n) is 11.5. The van der Waals surface area contributed by atoms with Crippen LogP contribution >= 0.6 is 0 Å². The Morgan fingerprint density at radius 3 is 2.32 bits per heavy atom. The summed E-state index contributed by atoms with van der Waals surface area (Å²) in [5.41, 5.74) is 4.43. The summed E-state index contributed by atoms with van der Waals surface area (Å²) >= 11 is 0. The lowest BCUT2D eigenvalue weighted by Crippen LogP contribution is -2.33. The number of nitrogens with zero attached hydrogens (tertiary/aromatic N) is 2. The van der Waals surface area contributed by atoms with Gasteiger partial charge in [0.05, 0.1) is 18.9 Å². The number of aryl methyl sites for hydroxylation is 3. The number of hydrogen-bond acceptors (Lipinski definition) is 6. The molecule has 2 aromatic carbocycles. The fraction of sp³-hybridized carbons (Fsp3) is 0.423. The highest BCUT2D eigenvalue weighted by molar-refractivity contribution is 7.92. The molecule has 0 atom stereocenters. The van der Waals surface area contributed by atoms with Gasteiger partial charge in [0.1, 0.15) is 4.90 Å². The highest BCUT2D eigenvalue weighted by Crippen LogP contribution is 2.36. The molecule has 0 bridgehead atoms. The lowest BCUT2D eigenvalue weighted by atomic mass is 9.98. The van der Waals surface area contributed by atoms with Crippen molar-refractivity contribution in [1.82, 2.24) is 5.16 Å². The van der Waals surface area contributed by atoms with Crippen LogP contribution in [0.25, 0.3) is 11.1 Å². The van der Waals surface area contributed by atoms with Gasteiger partial charge in [-0.1, -0.05) is 61.5 Å². The average molecular weight is 487 g/mol. The van der Waals surface area contributed by atoms with Gasteiger partial charge in [-0.25, -0.2) is 0 Å². The smallest absolute Gasteiger partial charge is 0.290 e. The van der Waals surface area contributed by atoms with Gasteiger partial charge in [-0.15, -0.1) is 4.47 Å². The van der Waals surface area contributed by atoms with E-state index in [1.165, 1.54) is 12.7 Å². The molecule has 0 amide bonds. The van der Waals surface area contributed by atoms with Crippen LogP contribution < -0.4 is 4.47 Å². The summed E-state index contributed by atoms with van der Waals surface area (Å²) in [6.07, 6.45) is 2.09. The third-order valence-corrected chi connectivity index (χ3v) is 7.52. The Bertz CT molecular complexity index is 1200. The Morgan fingerprint density at radius 1 is 1.03 bits per heavy atom. The molecule has 0 spiro atoms. The maximum absolute atomic E-state index is 14.0. The van der Waals surface area contributed by atoms with Crippen LogP contribution in [0.4, 0.5) is 5.88 Å². The molecule has 7 nitrogen and oxygen atoms in total. The lowest BCUT2D eigenvalue weighted by molar-refractivity contribution is 0.0727. The van der Waals surface area contributed by atoms with Crippen LogP contribution in [0, 0.1) is 26.7 Å². The van der Waals surface area contributed by atoms with Gasteiger partial charge in [0.15, 0.2) is 0 Å². The van der Waals surface area contributed by atoms with Crippen LogP contribution in [0.15, 0.2) is 51.9 Å². The molecule has 0 aliphatic heterocycles. The zero-order chi connectivity index (χ0) is 24.9. The van der Waals surface area contributed by atoms with Crippen molar-refractivity contribution >= 4 is 15.9 Å². The van der Waals surface area contributed by atoms with Gasteiger partial charge in [0, 0.05) is 18.2 Å². The van der Waals surface area contributed by atoms with Crippen molar-refractivity contribution in [3.63, 3.8) is 0 Å². The van der Waals surface area contributed by atoms with Crippen molar-refractivity contribution in [1.29, 1.82) is 0 Å². The van der Waals surface area contributed by atoms with E-state index in [1.54, 1.807) is 26.8 Å². The highest BCUT2D eigenvalue weighted by atomic mass is 32.2. The first-order chi connectivity index (χ1) is 16.2. The van der Waals surface area contributed by atoms with Crippen LogP contribution in [-0.4, -0.2) is 33.9 Å². The molecule has 184 valence electrons. The van der Waals surface area contributed by atoms with Gasteiger partial charge in [-0.05, 0) is 56.2 Å². The molecule has 1 heterocycles. The number of hydrogen-bond donors (Lipinski definition) is 0. The quantitative estimate of drug-likeness (QED) is 0.258. The van der Waals surface area contributed by atoms with Crippen molar-refractivity contribution in [2.75, 3.05) is 24.8 Å². The molecule has 0 radical (unpaired) electrons. The fourth-order valence-corrected chi connectivity index (χ4v) is 5.33. The Balaban J connectivity index is 2.07. The second-order valence-corrected chi connectivity index (χ2v) is 10.5. The molecule has 0 unspecified atom stereocenters. The van der Waals surface area contributed by atoms with Crippen molar-refractivity contribution < 1.29 is 22.5 Å². The average Bonchev–Trinajstić information content (AvgIpc) is 3.13. The highest BCUT2D eigenvalue weighted by Gasteiger charge is 2.34. The Kier molecular flexibility index (Phi) is 8.52. The summed E-state index contributed by atoms with van der Waals surface area (Å²) in [6, 6.07) is 13.5. The van der Waals surface area contributed by atoms with Crippen LogP contribution in [0.3, 0.4) is 0 Å². The summed E-state index contributed by atoms with van der Waals surface area (Å²) in [4.78, 5) is 5.85. The third-order valence-electron chi connectivity index (χ3n) is 5.76. The molecule has 3 rings (SSSR count). The number of anilines is 1. The van der Waals surface area contributed by atoms with Crippen LogP contribution in [0.2, 0.25) is 0 Å². The van der Waals surface area contributed by atoms with E-state index in [2.05, 4.69) is 31.1 Å². The second-order valence-electron chi connectivity index (χ2n) is 8.84. The molecule has 0 N–H and O–H groups in total. The van der Waals surface area contributed by atoms with Crippen LogP contribution in [0.1, 0.15) is 42.7 Å². The fourth-order valence-electron chi connectivity index (χ4n) is 3.63. The van der Waals surface area contributed by atoms with E-state index >= 15 is 0 Å². The second kappa shape index (κ2) is 11.2. The van der Waals surface area contributed by atoms with Crippen LogP contribution in [-0.2, 0) is 26.0 Å². The molecule has 34 heavy (non-hydrogen) atoms. The summed E-state index contributed by atoms with van der Waals surface area (Å²) in [6.45, 7) is 9.93. The maximum Gasteiger partial charge on any atom is 0.290 e. The van der Waals surface area contributed by atoms with E-state index in [0.717, 1.165) is 22.9 Å². The molecule has 0 saturated carbocycles. The summed E-state index contributed by atoms with van der Waals surface area (Å²) in [7, 11) is -2.64. The number of ether oxygens (including phenoxy) is 1. The van der Waals surface area contributed by atoms with Gasteiger partial charge in [0.25, 0.3) is 15.9 Å². The van der Waals surface area contributed by atoms with Gasteiger partial charge in [-0.2, -0.15) is 8.42 Å². The zero-order valence-electron chi connectivity index (χ0n) is 20.8. The minimum atomic E-state index is -4.16. The first kappa shape index (κ1) is 25.9. The third kappa shape index (κ3) is 5.68. The zero-order valence-corrected chi connectivity index (χ0v) is 21.6. The number of benzene rings is 2. The summed E-state index contributed by atoms with van der Waals surface area (Å²) in [5, 5.41) is 3.92. The van der Waals surface area contributed by atoms with Gasteiger partial charge in [0.2, 0.25) is 0 Å². The Labute approximate surface area is 202 Å². The normalized spacial score (nSPS) is 11.9. The molecule has 3 aromatic rings. The number of rotatable bonds is 11. The topological polar surface area (TPSA) is 81.9 Å². The SMILES string of the molecule is COCCON(c1onc(C)c1C)S(=O)(=O)c1c(C)cccc1-c1ccc(CCC(C)C)cc1. The standard InChI is InChI=1S/C26H34N2O5S/c1-18(2)10-11-22-12-14-23(15-13-22)24-9-7-8-19(3)25(24)34(29,30)28(32-17-16-31-6)26-20(4)21(5)27-33-26/h7-9,12-15,18H,10-11,16-17H2,1-6H3. The van der Waals surface area contributed by atoms with Gasteiger partial charge in [-0.3, -0.25) is 4.84 Å². The summed E-state index contributed by atoms with van der Waals surface area (Å²) < 4.78 is 39.3. The molecule has 0 aliphatic rings. The van der Waals surface area contributed by atoms with E-state index in [1.807, 2.05) is 24.3 Å². The van der Waals surface area contributed by atoms with Crippen molar-refractivity contribution in [2.24, 2.45) is 5.92 Å². The monoisotopic (exact) mass is 486 g/mol. The van der Waals surface area contributed by atoms with E-state index < -0.39 is 10.0 Å². The maximum atomic E-state index is 14.0. The predicted molar refractivity (Wildman–Crippen MR) is 133 cm³/mol. The molecule has 0 saturated heterocycles. The lowest BCUT2D eigenvalue weighted by Gasteiger charge is -2.23. The molecule has 1 aromatic heterocycles. The molecular formula is C26H34N2O5S. The summed E-state index contributed by atoms with van der Waals surface area (Å²) in [5.74, 6) is 0.660. The number of methoxy groups -OCH3 is 1. The largest absolute Gasteiger partial charge is 0.382 e. The van der Waals surface area contributed by atoms with Gasteiger partial charge >= 0.3 is 0 Å². The Hall–Kier alpha value is -2.68. The first-order valence-corrected chi connectivity index (χ1v) is 12.9. The predicted octanol–water partition coefficient (Wildman–Crippen LogP) is 5.63. The number of sulfonamides is 1. The van der Waals surface area contributed by atoms with E-state index in [-0.39, 0.29) is 24.0 Å². The van der Waals surface area contributed by atoms with Crippen LogP contribution in [0.5, 0.6) is 0 Å². The van der Waals surface area contributed by atoms with Crippen molar-refractivity contribution in [2.45, 2.75) is 52.4 Å². The molecular weight excluding hydrogens is 452 g/mol. The Morgan fingerprint density at radius 2 is 1.74 bits per heavy atom. The van der Waals surface area contributed by atoms with E-state index in [4.69, 9.17) is 14.1 Å². The molecule has 8 heteroatoms. The van der Waals surface area contributed by atoms with Crippen molar-refractivity contribution in [3.8, 4) is 11.1 Å². The molecule has 0 aliphatic carbocycles.